The van der Waals surface area contributed by atoms with Gasteiger partial charge in [-0.15, -0.1) is 0 Å². The SMILES string of the molecule is COc1cncc(OC2CCN(S(=O)(=O)c3cn(C(C)C)cn3)C2)n1. The van der Waals surface area contributed by atoms with Crippen LogP contribution in [-0.4, -0.2) is 58.5 Å². The van der Waals surface area contributed by atoms with Crippen molar-refractivity contribution in [3.63, 3.8) is 0 Å². The molecular weight excluding hydrogens is 346 g/mol. The van der Waals surface area contributed by atoms with Gasteiger partial charge in [-0.2, -0.15) is 9.29 Å². The first-order chi connectivity index (χ1) is 11.9. The molecular formula is C15H21N5O4S. The van der Waals surface area contributed by atoms with Crippen LogP contribution in [-0.2, 0) is 10.0 Å². The van der Waals surface area contributed by atoms with E-state index >= 15 is 0 Å². The predicted molar refractivity (Wildman–Crippen MR) is 89.0 cm³/mol. The number of rotatable bonds is 6. The maximum absolute atomic E-state index is 12.7. The minimum Gasteiger partial charge on any atom is -0.480 e. The van der Waals surface area contributed by atoms with Gasteiger partial charge in [-0.05, 0) is 20.3 Å². The van der Waals surface area contributed by atoms with E-state index in [1.54, 1.807) is 10.8 Å². The molecule has 2 aromatic heterocycles. The molecule has 1 aliphatic heterocycles. The third-order valence-corrected chi connectivity index (χ3v) is 5.72. The Hall–Kier alpha value is -2.20. The first kappa shape index (κ1) is 17.6. The molecule has 1 atom stereocenters. The number of methoxy groups -OCH3 is 1. The molecule has 3 heterocycles. The summed E-state index contributed by atoms with van der Waals surface area (Å²) in [6.07, 6.45) is 6.33. The molecule has 9 nitrogen and oxygen atoms in total. The second-order valence-electron chi connectivity index (χ2n) is 6.04. The number of hydrogen-bond acceptors (Lipinski definition) is 7. The zero-order valence-electron chi connectivity index (χ0n) is 14.4. The normalized spacial score (nSPS) is 18.6. The molecule has 1 unspecified atom stereocenters. The Kier molecular flexibility index (Phi) is 4.91. The smallest absolute Gasteiger partial charge is 0.262 e. The molecule has 1 saturated heterocycles. The second-order valence-corrected chi connectivity index (χ2v) is 7.93. The van der Waals surface area contributed by atoms with Gasteiger partial charge in [0.15, 0.2) is 5.03 Å². The highest BCUT2D eigenvalue weighted by atomic mass is 32.2. The number of ether oxygens (including phenoxy) is 2. The summed E-state index contributed by atoms with van der Waals surface area (Å²) in [5.74, 6) is 0.659. The Morgan fingerprint density at radius 1 is 1.28 bits per heavy atom. The summed E-state index contributed by atoms with van der Waals surface area (Å²) < 4.78 is 39.3. The Balaban J connectivity index is 1.68. The van der Waals surface area contributed by atoms with Gasteiger partial charge in [-0.3, -0.25) is 4.98 Å². The molecule has 0 bridgehead atoms. The van der Waals surface area contributed by atoms with E-state index in [1.165, 1.54) is 30.1 Å². The van der Waals surface area contributed by atoms with Gasteiger partial charge in [-0.1, -0.05) is 0 Å². The molecule has 136 valence electrons. The maximum atomic E-state index is 12.7. The number of hydrogen-bond donors (Lipinski definition) is 0. The van der Waals surface area contributed by atoms with Crippen molar-refractivity contribution in [1.82, 2.24) is 23.8 Å². The van der Waals surface area contributed by atoms with E-state index in [1.807, 2.05) is 13.8 Å². The summed E-state index contributed by atoms with van der Waals surface area (Å²) in [6, 6.07) is 0.151. The van der Waals surface area contributed by atoms with Crippen LogP contribution in [0.5, 0.6) is 11.8 Å². The zero-order chi connectivity index (χ0) is 18.0. The van der Waals surface area contributed by atoms with Crippen molar-refractivity contribution >= 4 is 10.0 Å². The summed E-state index contributed by atoms with van der Waals surface area (Å²) in [5.41, 5.74) is 0. The van der Waals surface area contributed by atoms with Gasteiger partial charge in [0.25, 0.3) is 10.0 Å². The molecule has 0 radical (unpaired) electrons. The van der Waals surface area contributed by atoms with Gasteiger partial charge >= 0.3 is 0 Å². The predicted octanol–water partition coefficient (Wildman–Crippen LogP) is 1.10. The molecule has 2 aromatic rings. The molecule has 0 N–H and O–H groups in total. The minimum atomic E-state index is -3.63. The molecule has 1 aliphatic rings. The summed E-state index contributed by atoms with van der Waals surface area (Å²) >= 11 is 0. The van der Waals surface area contributed by atoms with E-state index in [2.05, 4.69) is 15.0 Å². The van der Waals surface area contributed by atoms with Gasteiger partial charge in [-0.25, -0.2) is 13.4 Å². The highest BCUT2D eigenvalue weighted by Gasteiger charge is 2.35. The van der Waals surface area contributed by atoms with E-state index in [-0.39, 0.29) is 23.7 Å². The minimum absolute atomic E-state index is 0.0584. The Labute approximate surface area is 146 Å². The summed E-state index contributed by atoms with van der Waals surface area (Å²) in [5, 5.41) is 0.0584. The van der Waals surface area contributed by atoms with Crippen molar-refractivity contribution in [2.75, 3.05) is 20.2 Å². The summed E-state index contributed by atoms with van der Waals surface area (Å²) in [4.78, 5) is 12.1. The lowest BCUT2D eigenvalue weighted by molar-refractivity contribution is 0.203. The molecule has 0 aromatic carbocycles. The van der Waals surface area contributed by atoms with E-state index in [0.29, 0.717) is 24.7 Å². The van der Waals surface area contributed by atoms with Crippen molar-refractivity contribution in [3.05, 3.63) is 24.9 Å². The van der Waals surface area contributed by atoms with Crippen LogP contribution in [0.1, 0.15) is 26.3 Å². The fourth-order valence-electron chi connectivity index (χ4n) is 2.53. The molecule has 0 saturated carbocycles. The highest BCUT2D eigenvalue weighted by Crippen LogP contribution is 2.23. The Bertz CT molecular complexity index is 836. The summed E-state index contributed by atoms with van der Waals surface area (Å²) in [6.45, 7) is 4.55. The average Bonchev–Trinajstić information content (AvgIpc) is 3.25. The van der Waals surface area contributed by atoms with Crippen molar-refractivity contribution in [3.8, 4) is 11.8 Å². The van der Waals surface area contributed by atoms with Gasteiger partial charge in [0, 0.05) is 18.8 Å². The Morgan fingerprint density at radius 3 is 2.72 bits per heavy atom. The number of nitrogens with zero attached hydrogens (tertiary/aromatic N) is 5. The van der Waals surface area contributed by atoms with Crippen LogP contribution in [0.3, 0.4) is 0 Å². The summed E-state index contributed by atoms with van der Waals surface area (Å²) in [7, 11) is -2.13. The van der Waals surface area contributed by atoms with Crippen molar-refractivity contribution in [2.45, 2.75) is 37.4 Å². The number of imidazole rings is 1. The quantitative estimate of drug-likeness (QED) is 0.754. The molecule has 25 heavy (non-hydrogen) atoms. The molecule has 1 fully saturated rings. The fraction of sp³-hybridized carbons (Fsp3) is 0.533. The average molecular weight is 367 g/mol. The number of aromatic nitrogens is 4. The lowest BCUT2D eigenvalue weighted by Gasteiger charge is -2.15. The van der Waals surface area contributed by atoms with Gasteiger partial charge in [0.05, 0.1) is 32.4 Å². The van der Waals surface area contributed by atoms with Crippen LogP contribution >= 0.6 is 0 Å². The third-order valence-electron chi connectivity index (χ3n) is 3.97. The molecule has 0 aliphatic carbocycles. The van der Waals surface area contributed by atoms with E-state index in [9.17, 15) is 8.42 Å². The molecule has 3 rings (SSSR count). The topological polar surface area (TPSA) is 99.4 Å². The standard InChI is InChI=1S/C15H21N5O4S/c1-11(2)19-9-15(17-10-19)25(21,22)20-5-4-12(8-20)24-14-7-16-6-13(18-14)23-3/h6-7,9-12H,4-5,8H2,1-3H3. The number of sulfonamides is 1. The van der Waals surface area contributed by atoms with E-state index < -0.39 is 10.0 Å². The van der Waals surface area contributed by atoms with Gasteiger partial charge in [0.2, 0.25) is 11.8 Å². The van der Waals surface area contributed by atoms with Crippen molar-refractivity contribution in [1.29, 1.82) is 0 Å². The van der Waals surface area contributed by atoms with Crippen LogP contribution in [0, 0.1) is 0 Å². The third kappa shape index (κ3) is 3.74. The first-order valence-electron chi connectivity index (χ1n) is 7.96. The first-order valence-corrected chi connectivity index (χ1v) is 9.40. The monoisotopic (exact) mass is 367 g/mol. The van der Waals surface area contributed by atoms with Crippen LogP contribution in [0.2, 0.25) is 0 Å². The Morgan fingerprint density at radius 2 is 2.04 bits per heavy atom. The van der Waals surface area contributed by atoms with Crippen LogP contribution in [0.15, 0.2) is 29.9 Å². The van der Waals surface area contributed by atoms with Crippen LogP contribution in [0.25, 0.3) is 0 Å². The van der Waals surface area contributed by atoms with Crippen LogP contribution in [0.4, 0.5) is 0 Å². The van der Waals surface area contributed by atoms with E-state index in [4.69, 9.17) is 9.47 Å². The second kappa shape index (κ2) is 6.96. The zero-order valence-corrected chi connectivity index (χ0v) is 15.2. The van der Waals surface area contributed by atoms with E-state index in [0.717, 1.165) is 0 Å². The largest absolute Gasteiger partial charge is 0.480 e. The van der Waals surface area contributed by atoms with Crippen molar-refractivity contribution in [2.24, 2.45) is 0 Å². The highest BCUT2D eigenvalue weighted by molar-refractivity contribution is 7.89. The van der Waals surface area contributed by atoms with Crippen LogP contribution < -0.4 is 9.47 Å². The van der Waals surface area contributed by atoms with Crippen molar-refractivity contribution < 1.29 is 17.9 Å². The molecule has 0 spiro atoms. The lowest BCUT2D eigenvalue weighted by Crippen LogP contribution is -2.31. The molecule has 0 amide bonds. The lowest BCUT2D eigenvalue weighted by atomic mass is 10.3. The maximum Gasteiger partial charge on any atom is 0.262 e. The van der Waals surface area contributed by atoms with Gasteiger partial charge in [0.1, 0.15) is 6.10 Å². The van der Waals surface area contributed by atoms with Gasteiger partial charge < -0.3 is 14.0 Å². The molecule has 10 heteroatoms. The fourth-order valence-corrected chi connectivity index (χ4v) is 3.94.